The molecular weight excluding hydrogens is 432 g/mol. The highest BCUT2D eigenvalue weighted by molar-refractivity contribution is 6.02. The molecule has 4 aliphatic rings. The van der Waals surface area contributed by atoms with Crippen LogP contribution in [0.4, 0.5) is 0 Å². The van der Waals surface area contributed by atoms with Crippen LogP contribution < -0.4 is 5.43 Å². The molecule has 8 heteroatoms. The van der Waals surface area contributed by atoms with Gasteiger partial charge in [-0.2, -0.15) is 4.90 Å². The summed E-state index contributed by atoms with van der Waals surface area (Å²) in [5, 5.41) is 35.6. The molecule has 2 heterocycles. The normalized spacial score (nSPS) is 28.1. The van der Waals surface area contributed by atoms with E-state index in [1.165, 1.54) is 17.7 Å². The van der Waals surface area contributed by atoms with Gasteiger partial charge in [-0.05, 0) is 81.0 Å². The monoisotopic (exact) mass is 469 g/mol. The second-order valence-electron chi connectivity index (χ2n) is 10.4. The number of piperidine rings is 1. The maximum atomic E-state index is 10.9. The first-order chi connectivity index (χ1) is 16.3. The first kappa shape index (κ1) is 24.5. The van der Waals surface area contributed by atoms with Gasteiger partial charge in [0.1, 0.15) is 0 Å². The molecule has 2 aliphatic carbocycles. The Bertz CT molecular complexity index is 916. The van der Waals surface area contributed by atoms with Gasteiger partial charge in [-0.25, -0.2) is 5.43 Å². The molecule has 1 fully saturated rings. The maximum Gasteiger partial charge on any atom is 0.222 e. The Morgan fingerprint density at radius 1 is 1.21 bits per heavy atom. The SMILES string of the molecule is CC1=C[C@@H](CN2CCC(CO)CC2)[C@H](C(C)C)C[C@H]1CC1=NNC(=C2C=CC(=[N+]([O-])[O-])C=C2)O1. The maximum absolute atomic E-state index is 10.9. The van der Waals surface area contributed by atoms with Gasteiger partial charge in [0.15, 0.2) is 0 Å². The largest absolute Gasteiger partial charge is 0.612 e. The third-order valence-electron chi connectivity index (χ3n) is 7.78. The molecule has 0 bridgehead atoms. The van der Waals surface area contributed by atoms with Crippen molar-refractivity contribution in [3.05, 3.63) is 57.8 Å². The fourth-order valence-electron chi connectivity index (χ4n) is 5.57. The number of aliphatic hydroxyl groups is 1. The Hall–Kier alpha value is -2.58. The predicted molar refractivity (Wildman–Crippen MR) is 134 cm³/mol. The molecule has 0 amide bonds. The Balaban J connectivity index is 1.37. The summed E-state index contributed by atoms with van der Waals surface area (Å²) >= 11 is 0. The van der Waals surface area contributed by atoms with Crippen molar-refractivity contribution in [1.82, 2.24) is 10.3 Å². The Kier molecular flexibility index (Phi) is 7.78. The van der Waals surface area contributed by atoms with E-state index >= 15 is 0 Å². The number of likely N-dealkylation sites (tertiary alicyclic amines) is 1. The molecule has 0 radical (unpaired) electrons. The average Bonchev–Trinajstić information content (AvgIpc) is 3.29. The van der Waals surface area contributed by atoms with Gasteiger partial charge in [-0.1, -0.05) is 25.5 Å². The second kappa shape index (κ2) is 10.8. The van der Waals surface area contributed by atoms with Crippen molar-refractivity contribution in [2.75, 3.05) is 26.2 Å². The lowest BCUT2D eigenvalue weighted by Crippen LogP contribution is -2.41. The summed E-state index contributed by atoms with van der Waals surface area (Å²) in [4.78, 5) is 2.17. The average molecular weight is 470 g/mol. The van der Waals surface area contributed by atoms with Crippen molar-refractivity contribution in [1.29, 1.82) is 0 Å². The van der Waals surface area contributed by atoms with Crippen LogP contribution in [0.25, 0.3) is 0 Å². The summed E-state index contributed by atoms with van der Waals surface area (Å²) in [6, 6.07) is 0. The van der Waals surface area contributed by atoms with E-state index in [9.17, 15) is 15.5 Å². The van der Waals surface area contributed by atoms with Crippen LogP contribution in [0.5, 0.6) is 0 Å². The van der Waals surface area contributed by atoms with Gasteiger partial charge in [0.25, 0.3) is 0 Å². The smallest absolute Gasteiger partial charge is 0.222 e. The third-order valence-corrected chi connectivity index (χ3v) is 7.78. The molecule has 0 saturated carbocycles. The van der Waals surface area contributed by atoms with Crippen LogP contribution in [0.1, 0.15) is 46.5 Å². The number of hydrogen-bond donors (Lipinski definition) is 2. The molecule has 0 unspecified atom stereocenters. The minimum Gasteiger partial charge on any atom is -0.612 e. The minimum atomic E-state index is -0.410. The lowest BCUT2D eigenvalue weighted by Gasteiger charge is -2.41. The molecule has 8 nitrogen and oxygen atoms in total. The van der Waals surface area contributed by atoms with E-state index in [1.54, 1.807) is 12.2 Å². The molecule has 4 rings (SSSR count). The molecule has 0 aromatic rings. The Morgan fingerprint density at radius 3 is 2.53 bits per heavy atom. The van der Waals surface area contributed by atoms with E-state index in [0.717, 1.165) is 50.9 Å². The summed E-state index contributed by atoms with van der Waals surface area (Å²) in [5.41, 5.74) is 5.15. The van der Waals surface area contributed by atoms with Gasteiger partial charge in [0.2, 0.25) is 17.5 Å². The van der Waals surface area contributed by atoms with Crippen molar-refractivity contribution in [3.63, 3.8) is 0 Å². The number of rotatable bonds is 6. The number of ether oxygens (including phenoxy) is 1. The molecule has 0 aromatic heterocycles. The minimum absolute atomic E-state index is 0.0542. The summed E-state index contributed by atoms with van der Waals surface area (Å²) in [6.45, 7) is 10.5. The highest BCUT2D eigenvalue weighted by Crippen LogP contribution is 2.40. The summed E-state index contributed by atoms with van der Waals surface area (Å²) in [6.07, 6.45) is 12.8. The van der Waals surface area contributed by atoms with E-state index in [2.05, 4.69) is 42.3 Å². The van der Waals surface area contributed by atoms with Crippen LogP contribution in [0, 0.1) is 40.0 Å². The molecule has 0 aromatic carbocycles. The summed E-state index contributed by atoms with van der Waals surface area (Å²) in [5.74, 6) is 3.80. The lowest BCUT2D eigenvalue weighted by atomic mass is 9.69. The molecule has 1 saturated heterocycles. The Labute approximate surface area is 202 Å². The molecule has 0 spiro atoms. The van der Waals surface area contributed by atoms with Crippen LogP contribution in [0.3, 0.4) is 0 Å². The third kappa shape index (κ3) is 5.73. The van der Waals surface area contributed by atoms with Gasteiger partial charge in [0.05, 0.1) is 0 Å². The first-order valence-corrected chi connectivity index (χ1v) is 12.5. The fourth-order valence-corrected chi connectivity index (χ4v) is 5.57. The fraction of sp³-hybridized carbons (Fsp3) is 0.615. The number of nitrogens with zero attached hydrogens (tertiary/aromatic N) is 3. The lowest BCUT2D eigenvalue weighted by molar-refractivity contribution is -0.377. The van der Waals surface area contributed by atoms with Crippen LogP contribution in [-0.2, 0) is 4.74 Å². The zero-order chi connectivity index (χ0) is 24.2. The van der Waals surface area contributed by atoms with Gasteiger partial charge >= 0.3 is 0 Å². The van der Waals surface area contributed by atoms with Gasteiger partial charge < -0.3 is 25.2 Å². The zero-order valence-corrected chi connectivity index (χ0v) is 20.4. The molecule has 186 valence electrons. The van der Waals surface area contributed by atoms with E-state index < -0.39 is 4.90 Å². The molecular formula is C26H37N4O4-. The van der Waals surface area contributed by atoms with E-state index in [1.807, 2.05) is 0 Å². The molecule has 3 atom stereocenters. The van der Waals surface area contributed by atoms with Crippen molar-refractivity contribution in [2.24, 2.45) is 34.7 Å². The zero-order valence-electron chi connectivity index (χ0n) is 20.4. The number of aliphatic hydroxyl groups excluding tert-OH is 1. The molecule has 2 aliphatic heterocycles. The second-order valence-corrected chi connectivity index (χ2v) is 10.4. The quantitative estimate of drug-likeness (QED) is 0.349. The predicted octanol–water partition coefficient (Wildman–Crippen LogP) is 3.66. The first-order valence-electron chi connectivity index (χ1n) is 12.5. The standard InChI is InChI=1S/C26H37N4O4/c1-17(2)24-13-21(18(3)12-22(24)15-29-10-8-19(16-31)9-11-29)14-25-27-28-26(34-25)20-4-6-23(7-5-20)30(32)33/h4-7,12,17,19,21-22,24,28,31H,8-11,13-16H2,1-3H3/q-1/t21-,22-,24-/m0/s1. The number of hydrogen-bond acceptors (Lipinski definition) is 7. The van der Waals surface area contributed by atoms with E-state index in [4.69, 9.17) is 4.74 Å². The number of allylic oxidation sites excluding steroid dienone is 6. The van der Waals surface area contributed by atoms with Crippen molar-refractivity contribution in [2.45, 2.75) is 46.5 Å². The highest BCUT2D eigenvalue weighted by atomic mass is 16.8. The van der Waals surface area contributed by atoms with Gasteiger partial charge in [-0.15, -0.1) is 5.10 Å². The van der Waals surface area contributed by atoms with Crippen molar-refractivity contribution < 1.29 is 14.7 Å². The summed E-state index contributed by atoms with van der Waals surface area (Å²) in [7, 11) is 0. The van der Waals surface area contributed by atoms with Gasteiger partial charge in [-0.3, -0.25) is 0 Å². The van der Waals surface area contributed by atoms with Crippen LogP contribution in [0.2, 0.25) is 0 Å². The summed E-state index contributed by atoms with van der Waals surface area (Å²) < 4.78 is 5.99. The Morgan fingerprint density at radius 2 is 1.91 bits per heavy atom. The van der Waals surface area contributed by atoms with Crippen LogP contribution in [0.15, 0.2) is 52.5 Å². The molecule has 2 N–H and O–H groups in total. The van der Waals surface area contributed by atoms with E-state index in [-0.39, 0.29) is 5.71 Å². The van der Waals surface area contributed by atoms with Crippen molar-refractivity contribution >= 4 is 11.6 Å². The van der Waals surface area contributed by atoms with Crippen LogP contribution in [-0.4, -0.2) is 52.8 Å². The molecule has 34 heavy (non-hydrogen) atoms. The van der Waals surface area contributed by atoms with E-state index in [0.29, 0.717) is 48.0 Å². The van der Waals surface area contributed by atoms with Crippen LogP contribution >= 0.6 is 0 Å². The topological polar surface area (TPSA) is 106 Å². The highest BCUT2D eigenvalue weighted by Gasteiger charge is 2.34. The van der Waals surface area contributed by atoms with Crippen molar-refractivity contribution in [3.8, 4) is 0 Å². The number of hydrazone groups is 1. The number of nitrogens with one attached hydrogen (secondary N) is 1. The van der Waals surface area contributed by atoms with Gasteiger partial charge in [0, 0.05) is 37.3 Å².